The fourth-order valence-corrected chi connectivity index (χ4v) is 1.64. The Balaban J connectivity index is 2.31. The molecule has 0 spiro atoms. The number of nitrogens with one attached hydrogen (secondary N) is 1. The van der Waals surface area contributed by atoms with Gasteiger partial charge in [-0.15, -0.1) is 0 Å². The highest BCUT2D eigenvalue weighted by Gasteiger charge is 2.19. The number of aromatic hydroxyl groups is 1. The third kappa shape index (κ3) is 2.74. The molecular formula is C14H10F3NO2. The van der Waals surface area contributed by atoms with Crippen LogP contribution in [0, 0.1) is 24.4 Å². The van der Waals surface area contributed by atoms with Crippen molar-refractivity contribution in [2.45, 2.75) is 6.92 Å². The van der Waals surface area contributed by atoms with Crippen LogP contribution in [0.5, 0.6) is 5.75 Å². The summed E-state index contributed by atoms with van der Waals surface area (Å²) in [6.45, 7) is 1.65. The zero-order valence-electron chi connectivity index (χ0n) is 10.4. The Morgan fingerprint density at radius 1 is 1.10 bits per heavy atom. The van der Waals surface area contributed by atoms with Crippen LogP contribution >= 0.6 is 0 Å². The van der Waals surface area contributed by atoms with Crippen molar-refractivity contribution in [3.8, 4) is 5.75 Å². The van der Waals surface area contributed by atoms with E-state index in [4.69, 9.17) is 0 Å². The van der Waals surface area contributed by atoms with Gasteiger partial charge >= 0.3 is 0 Å². The molecule has 2 aromatic rings. The van der Waals surface area contributed by atoms with Crippen LogP contribution in [-0.4, -0.2) is 11.0 Å². The van der Waals surface area contributed by atoms with Crippen molar-refractivity contribution in [2.24, 2.45) is 0 Å². The van der Waals surface area contributed by atoms with E-state index >= 15 is 0 Å². The van der Waals surface area contributed by atoms with Gasteiger partial charge in [-0.1, -0.05) is 6.07 Å². The van der Waals surface area contributed by atoms with Crippen molar-refractivity contribution in [3.05, 3.63) is 58.9 Å². The van der Waals surface area contributed by atoms with E-state index < -0.39 is 28.9 Å². The number of phenolic OH excluding ortho intramolecular Hbond substituents is 1. The molecule has 0 saturated carbocycles. The first-order valence-corrected chi connectivity index (χ1v) is 5.64. The van der Waals surface area contributed by atoms with Crippen molar-refractivity contribution >= 4 is 11.6 Å². The Hall–Kier alpha value is -2.50. The molecule has 2 aromatic carbocycles. The Bertz CT molecular complexity index is 663. The molecular weight excluding hydrogens is 271 g/mol. The highest BCUT2D eigenvalue weighted by molar-refractivity contribution is 6.04. The second-order valence-electron chi connectivity index (χ2n) is 4.20. The van der Waals surface area contributed by atoms with Gasteiger partial charge in [-0.3, -0.25) is 4.79 Å². The summed E-state index contributed by atoms with van der Waals surface area (Å²) in [7, 11) is 0. The number of benzene rings is 2. The molecule has 0 fully saturated rings. The average Bonchev–Trinajstić information content (AvgIpc) is 2.32. The molecule has 2 rings (SSSR count). The molecule has 0 aliphatic carbocycles. The number of rotatable bonds is 2. The molecule has 0 atom stereocenters. The number of carbonyl (C=O) groups is 1. The van der Waals surface area contributed by atoms with Crippen LogP contribution in [0.1, 0.15) is 15.9 Å². The lowest BCUT2D eigenvalue weighted by Gasteiger charge is -2.08. The minimum atomic E-state index is -1.30. The van der Waals surface area contributed by atoms with Crippen LogP contribution < -0.4 is 5.32 Å². The van der Waals surface area contributed by atoms with E-state index in [-0.39, 0.29) is 11.4 Å². The summed E-state index contributed by atoms with van der Waals surface area (Å²) in [6.07, 6.45) is 0. The molecule has 0 aliphatic heterocycles. The summed E-state index contributed by atoms with van der Waals surface area (Å²) in [4.78, 5) is 11.8. The van der Waals surface area contributed by atoms with Gasteiger partial charge in [-0.05, 0) is 18.6 Å². The smallest absolute Gasteiger partial charge is 0.261 e. The van der Waals surface area contributed by atoms with Crippen LogP contribution in [0.2, 0.25) is 0 Å². The fourth-order valence-electron chi connectivity index (χ4n) is 1.64. The third-order valence-electron chi connectivity index (χ3n) is 2.70. The quantitative estimate of drug-likeness (QED) is 0.886. The van der Waals surface area contributed by atoms with E-state index in [0.29, 0.717) is 17.7 Å². The Morgan fingerprint density at radius 2 is 1.70 bits per heavy atom. The fraction of sp³-hybridized carbons (Fsp3) is 0.0714. The standard InChI is InChI=1S/C14H10F3NO2/c1-7-2-3-9(6-12(7)19)18-14(20)13-10(16)4-8(15)5-11(13)17/h2-6,19H,1H3,(H,18,20). The predicted octanol–water partition coefficient (Wildman–Crippen LogP) is 3.37. The van der Waals surface area contributed by atoms with Gasteiger partial charge in [0.1, 0.15) is 28.8 Å². The summed E-state index contributed by atoms with van der Waals surface area (Å²) >= 11 is 0. The number of aryl methyl sites for hydroxylation is 1. The summed E-state index contributed by atoms with van der Waals surface area (Å²) in [6, 6.07) is 5.08. The van der Waals surface area contributed by atoms with Crippen LogP contribution in [0.3, 0.4) is 0 Å². The summed E-state index contributed by atoms with van der Waals surface area (Å²) in [5.74, 6) is -4.83. The van der Waals surface area contributed by atoms with E-state index in [1.807, 2.05) is 0 Å². The number of phenols is 1. The normalized spacial score (nSPS) is 10.4. The largest absolute Gasteiger partial charge is 0.508 e. The van der Waals surface area contributed by atoms with Gasteiger partial charge in [0.25, 0.3) is 5.91 Å². The summed E-state index contributed by atoms with van der Waals surface area (Å²) in [5.41, 5.74) is -0.130. The van der Waals surface area contributed by atoms with Gasteiger partial charge in [0.15, 0.2) is 0 Å². The van der Waals surface area contributed by atoms with E-state index in [9.17, 15) is 23.1 Å². The lowest BCUT2D eigenvalue weighted by Crippen LogP contribution is -2.16. The Morgan fingerprint density at radius 3 is 2.25 bits per heavy atom. The number of amides is 1. The van der Waals surface area contributed by atoms with Crippen molar-refractivity contribution in [1.29, 1.82) is 0 Å². The second kappa shape index (κ2) is 5.24. The van der Waals surface area contributed by atoms with Gasteiger partial charge in [0.2, 0.25) is 0 Å². The molecule has 0 heterocycles. The first kappa shape index (κ1) is 13.9. The Labute approximate surface area is 112 Å². The molecule has 0 bridgehead atoms. The van der Waals surface area contributed by atoms with E-state index in [1.165, 1.54) is 18.2 Å². The van der Waals surface area contributed by atoms with Crippen LogP contribution in [0.4, 0.5) is 18.9 Å². The summed E-state index contributed by atoms with van der Waals surface area (Å²) < 4.78 is 39.6. The SMILES string of the molecule is Cc1ccc(NC(=O)c2c(F)cc(F)cc2F)cc1O. The van der Waals surface area contributed by atoms with Gasteiger partial charge in [-0.2, -0.15) is 0 Å². The molecule has 0 aliphatic rings. The first-order valence-electron chi connectivity index (χ1n) is 5.64. The van der Waals surface area contributed by atoms with Crippen LogP contribution in [0.25, 0.3) is 0 Å². The third-order valence-corrected chi connectivity index (χ3v) is 2.70. The van der Waals surface area contributed by atoms with Gasteiger partial charge in [-0.25, -0.2) is 13.2 Å². The van der Waals surface area contributed by atoms with Crippen molar-refractivity contribution in [2.75, 3.05) is 5.32 Å². The first-order chi connectivity index (χ1) is 9.38. The zero-order valence-corrected chi connectivity index (χ0v) is 10.4. The maximum absolute atomic E-state index is 13.4. The number of carbonyl (C=O) groups excluding carboxylic acids is 1. The molecule has 0 saturated heterocycles. The van der Waals surface area contributed by atoms with Crippen LogP contribution in [-0.2, 0) is 0 Å². The lowest BCUT2D eigenvalue weighted by atomic mass is 10.1. The topological polar surface area (TPSA) is 49.3 Å². The minimum absolute atomic E-state index is 0.0668. The van der Waals surface area contributed by atoms with E-state index in [1.54, 1.807) is 6.92 Å². The van der Waals surface area contributed by atoms with E-state index in [0.717, 1.165) is 0 Å². The van der Waals surface area contributed by atoms with Gasteiger partial charge in [0.05, 0.1) is 0 Å². The maximum Gasteiger partial charge on any atom is 0.261 e. The zero-order chi connectivity index (χ0) is 14.9. The highest BCUT2D eigenvalue weighted by Crippen LogP contribution is 2.22. The molecule has 104 valence electrons. The number of halogens is 3. The molecule has 6 heteroatoms. The van der Waals surface area contributed by atoms with E-state index in [2.05, 4.69) is 5.32 Å². The number of hydrogen-bond donors (Lipinski definition) is 2. The molecule has 1 amide bonds. The monoisotopic (exact) mass is 281 g/mol. The van der Waals surface area contributed by atoms with Gasteiger partial charge < -0.3 is 10.4 Å². The maximum atomic E-state index is 13.4. The summed E-state index contributed by atoms with van der Waals surface area (Å²) in [5, 5.41) is 11.7. The van der Waals surface area contributed by atoms with Crippen molar-refractivity contribution < 1.29 is 23.1 Å². The second-order valence-corrected chi connectivity index (χ2v) is 4.20. The lowest BCUT2D eigenvalue weighted by molar-refractivity contribution is 0.101. The molecule has 0 aromatic heterocycles. The molecule has 20 heavy (non-hydrogen) atoms. The number of anilines is 1. The highest BCUT2D eigenvalue weighted by atomic mass is 19.1. The molecule has 2 N–H and O–H groups in total. The molecule has 0 unspecified atom stereocenters. The Kier molecular flexibility index (Phi) is 3.65. The average molecular weight is 281 g/mol. The van der Waals surface area contributed by atoms with Crippen LogP contribution in [0.15, 0.2) is 30.3 Å². The molecule has 3 nitrogen and oxygen atoms in total. The van der Waals surface area contributed by atoms with Crippen molar-refractivity contribution in [3.63, 3.8) is 0 Å². The predicted molar refractivity (Wildman–Crippen MR) is 67.1 cm³/mol. The van der Waals surface area contributed by atoms with Gasteiger partial charge in [0, 0.05) is 23.9 Å². The minimum Gasteiger partial charge on any atom is -0.508 e. The number of hydrogen-bond acceptors (Lipinski definition) is 2. The van der Waals surface area contributed by atoms with Crippen molar-refractivity contribution in [1.82, 2.24) is 0 Å². The molecule has 0 radical (unpaired) electrons.